The molecule has 4 heteroatoms. The van der Waals surface area contributed by atoms with Gasteiger partial charge in [0.1, 0.15) is 11.6 Å². The molecular formula is C17H16FN3. The summed E-state index contributed by atoms with van der Waals surface area (Å²) >= 11 is 0. The number of benzene rings is 1. The van der Waals surface area contributed by atoms with Crippen LogP contribution in [-0.2, 0) is 0 Å². The Morgan fingerprint density at radius 3 is 2.76 bits per heavy atom. The number of hydrogen-bond acceptors (Lipinski definition) is 2. The molecule has 0 spiro atoms. The van der Waals surface area contributed by atoms with E-state index < -0.39 is 0 Å². The average Bonchev–Trinajstić information content (AvgIpc) is 2.89. The zero-order valence-electron chi connectivity index (χ0n) is 12.0. The first kappa shape index (κ1) is 13.4. The first-order chi connectivity index (χ1) is 10.1. The SMILES string of the molecule is C=C(C)N(C)c1ccc(-c2c[nH]c3cc(F)ccc23)cn1. The number of hydrogen-bond donors (Lipinski definition) is 1. The van der Waals surface area contributed by atoms with Crippen molar-refractivity contribution in [2.75, 3.05) is 11.9 Å². The fourth-order valence-electron chi connectivity index (χ4n) is 2.28. The lowest BCUT2D eigenvalue weighted by Gasteiger charge is -2.17. The second-order valence-electron chi connectivity index (χ2n) is 5.09. The Balaban J connectivity index is 2.01. The van der Waals surface area contributed by atoms with Crippen LogP contribution in [0.2, 0.25) is 0 Å². The van der Waals surface area contributed by atoms with Crippen LogP contribution in [0.1, 0.15) is 6.92 Å². The predicted octanol–water partition coefficient (Wildman–Crippen LogP) is 4.34. The molecular weight excluding hydrogens is 265 g/mol. The van der Waals surface area contributed by atoms with Gasteiger partial charge in [0.05, 0.1) is 0 Å². The highest BCUT2D eigenvalue weighted by molar-refractivity contribution is 5.95. The van der Waals surface area contributed by atoms with E-state index in [0.717, 1.165) is 33.5 Å². The van der Waals surface area contributed by atoms with Crippen molar-refractivity contribution in [2.45, 2.75) is 6.92 Å². The fourth-order valence-corrected chi connectivity index (χ4v) is 2.28. The van der Waals surface area contributed by atoms with Crippen LogP contribution in [0.25, 0.3) is 22.0 Å². The maximum atomic E-state index is 13.2. The summed E-state index contributed by atoms with van der Waals surface area (Å²) in [7, 11) is 1.93. The molecule has 0 atom stereocenters. The summed E-state index contributed by atoms with van der Waals surface area (Å²) in [5, 5.41) is 0.985. The minimum absolute atomic E-state index is 0.243. The highest BCUT2D eigenvalue weighted by Gasteiger charge is 2.08. The van der Waals surface area contributed by atoms with Gasteiger partial charge in [0.25, 0.3) is 0 Å². The van der Waals surface area contributed by atoms with Crippen molar-refractivity contribution < 1.29 is 4.39 Å². The van der Waals surface area contributed by atoms with Crippen LogP contribution in [-0.4, -0.2) is 17.0 Å². The zero-order chi connectivity index (χ0) is 15.0. The molecule has 1 aromatic carbocycles. The molecule has 0 saturated carbocycles. The van der Waals surface area contributed by atoms with Gasteiger partial charge in [0, 0.05) is 47.2 Å². The zero-order valence-corrected chi connectivity index (χ0v) is 12.0. The van der Waals surface area contributed by atoms with E-state index in [1.165, 1.54) is 12.1 Å². The van der Waals surface area contributed by atoms with Gasteiger partial charge in [-0.1, -0.05) is 6.58 Å². The lowest BCUT2D eigenvalue weighted by Crippen LogP contribution is -2.14. The minimum atomic E-state index is -0.243. The van der Waals surface area contributed by atoms with E-state index in [-0.39, 0.29) is 5.82 Å². The van der Waals surface area contributed by atoms with Gasteiger partial charge in [-0.3, -0.25) is 0 Å². The number of allylic oxidation sites excluding steroid dienone is 1. The average molecular weight is 281 g/mol. The molecule has 3 rings (SSSR count). The Bertz CT molecular complexity index is 803. The van der Waals surface area contributed by atoms with E-state index in [1.54, 1.807) is 6.07 Å². The van der Waals surface area contributed by atoms with E-state index in [0.29, 0.717) is 0 Å². The topological polar surface area (TPSA) is 31.9 Å². The molecule has 0 aliphatic rings. The molecule has 0 unspecified atom stereocenters. The first-order valence-corrected chi connectivity index (χ1v) is 6.68. The molecule has 1 N–H and O–H groups in total. The minimum Gasteiger partial charge on any atom is -0.360 e. The highest BCUT2D eigenvalue weighted by Crippen LogP contribution is 2.29. The quantitative estimate of drug-likeness (QED) is 0.774. The summed E-state index contributed by atoms with van der Waals surface area (Å²) in [5.74, 6) is 0.601. The summed E-state index contributed by atoms with van der Waals surface area (Å²) in [5.41, 5.74) is 3.72. The highest BCUT2D eigenvalue weighted by atomic mass is 19.1. The Kier molecular flexibility index (Phi) is 3.22. The van der Waals surface area contributed by atoms with Crippen molar-refractivity contribution in [3.63, 3.8) is 0 Å². The van der Waals surface area contributed by atoms with Crippen LogP contribution in [0.3, 0.4) is 0 Å². The second-order valence-corrected chi connectivity index (χ2v) is 5.09. The molecule has 0 aliphatic heterocycles. The number of rotatable bonds is 3. The van der Waals surface area contributed by atoms with Crippen LogP contribution in [0.4, 0.5) is 10.2 Å². The number of nitrogens with zero attached hydrogens (tertiary/aromatic N) is 2. The summed E-state index contributed by atoms with van der Waals surface area (Å²) in [6.45, 7) is 5.83. The normalized spacial score (nSPS) is 10.8. The summed E-state index contributed by atoms with van der Waals surface area (Å²) in [6, 6.07) is 8.70. The van der Waals surface area contributed by atoms with Gasteiger partial charge in [-0.2, -0.15) is 0 Å². The molecule has 0 saturated heterocycles. The molecule has 2 heterocycles. The van der Waals surface area contributed by atoms with E-state index in [9.17, 15) is 4.39 Å². The number of nitrogens with one attached hydrogen (secondary N) is 1. The van der Waals surface area contributed by atoms with Gasteiger partial charge in [-0.15, -0.1) is 0 Å². The summed E-state index contributed by atoms with van der Waals surface area (Å²) in [6.07, 6.45) is 3.70. The Morgan fingerprint density at radius 1 is 1.29 bits per heavy atom. The largest absolute Gasteiger partial charge is 0.360 e. The fraction of sp³-hybridized carbons (Fsp3) is 0.118. The van der Waals surface area contributed by atoms with Gasteiger partial charge in [0.15, 0.2) is 0 Å². The lowest BCUT2D eigenvalue weighted by molar-refractivity contribution is 0.629. The number of aromatic amines is 1. The molecule has 0 fully saturated rings. The van der Waals surface area contributed by atoms with Crippen molar-refractivity contribution in [3.8, 4) is 11.1 Å². The molecule has 0 bridgehead atoms. The number of H-pyrrole nitrogens is 1. The standard InChI is InChI=1S/C17H16FN3/c1-11(2)21(3)17-7-4-12(9-20-17)15-10-19-16-8-13(18)5-6-14(15)16/h4-10,19H,1H2,2-3H3. The van der Waals surface area contributed by atoms with Gasteiger partial charge < -0.3 is 9.88 Å². The van der Waals surface area contributed by atoms with Crippen molar-refractivity contribution >= 4 is 16.7 Å². The number of anilines is 1. The van der Waals surface area contributed by atoms with E-state index in [4.69, 9.17) is 0 Å². The van der Waals surface area contributed by atoms with Gasteiger partial charge in [-0.25, -0.2) is 9.37 Å². The molecule has 0 amide bonds. The first-order valence-electron chi connectivity index (χ1n) is 6.68. The van der Waals surface area contributed by atoms with Crippen LogP contribution in [0.15, 0.2) is 55.0 Å². The third-order valence-electron chi connectivity index (χ3n) is 3.62. The predicted molar refractivity (Wildman–Crippen MR) is 84.7 cm³/mol. The number of pyridine rings is 1. The van der Waals surface area contributed by atoms with Crippen LogP contribution < -0.4 is 4.90 Å². The third-order valence-corrected chi connectivity index (χ3v) is 3.62. The Labute approximate surface area is 122 Å². The van der Waals surface area contributed by atoms with Gasteiger partial charge in [0.2, 0.25) is 0 Å². The summed E-state index contributed by atoms with van der Waals surface area (Å²) in [4.78, 5) is 9.47. The molecule has 0 radical (unpaired) electrons. The maximum Gasteiger partial charge on any atom is 0.132 e. The van der Waals surface area contributed by atoms with Gasteiger partial charge in [-0.05, 0) is 37.3 Å². The van der Waals surface area contributed by atoms with Gasteiger partial charge >= 0.3 is 0 Å². The molecule has 3 nitrogen and oxygen atoms in total. The summed E-state index contributed by atoms with van der Waals surface area (Å²) < 4.78 is 13.2. The lowest BCUT2D eigenvalue weighted by atomic mass is 10.1. The molecule has 3 aromatic rings. The van der Waals surface area contributed by atoms with Crippen molar-refractivity contribution in [1.82, 2.24) is 9.97 Å². The second kappa shape index (κ2) is 5.05. The Hall–Kier alpha value is -2.62. The maximum absolute atomic E-state index is 13.2. The van der Waals surface area contributed by atoms with E-state index in [2.05, 4.69) is 16.5 Å². The molecule has 21 heavy (non-hydrogen) atoms. The molecule has 106 valence electrons. The van der Waals surface area contributed by atoms with Crippen LogP contribution in [0.5, 0.6) is 0 Å². The van der Waals surface area contributed by atoms with Crippen molar-refractivity contribution in [1.29, 1.82) is 0 Å². The van der Waals surface area contributed by atoms with E-state index in [1.807, 2.05) is 43.4 Å². The molecule has 2 aromatic heterocycles. The number of fused-ring (bicyclic) bond motifs is 1. The van der Waals surface area contributed by atoms with Crippen LogP contribution >= 0.6 is 0 Å². The van der Waals surface area contributed by atoms with Crippen molar-refractivity contribution in [3.05, 3.63) is 60.8 Å². The van der Waals surface area contributed by atoms with E-state index >= 15 is 0 Å². The van der Waals surface area contributed by atoms with Crippen LogP contribution in [0, 0.1) is 5.82 Å². The molecule has 0 aliphatic carbocycles. The third kappa shape index (κ3) is 2.40. The van der Waals surface area contributed by atoms with Crippen molar-refractivity contribution in [2.24, 2.45) is 0 Å². The number of aromatic nitrogens is 2. The Morgan fingerprint density at radius 2 is 2.10 bits per heavy atom. The smallest absolute Gasteiger partial charge is 0.132 e. The monoisotopic (exact) mass is 281 g/mol. The number of halogens is 1.